The highest BCUT2D eigenvalue weighted by Gasteiger charge is 2.35. The van der Waals surface area contributed by atoms with E-state index >= 15 is 0 Å². The molecule has 1 saturated heterocycles. The zero-order chi connectivity index (χ0) is 21.3. The molecule has 0 radical (unpaired) electrons. The van der Waals surface area contributed by atoms with Crippen LogP contribution < -0.4 is 5.32 Å². The first-order valence-electron chi connectivity index (χ1n) is 9.15. The quantitative estimate of drug-likeness (QED) is 0.206. The third-order valence-electron chi connectivity index (χ3n) is 3.55. The van der Waals surface area contributed by atoms with Gasteiger partial charge in [0.2, 0.25) is 11.8 Å². The Balaban J connectivity index is 0.00000841. The van der Waals surface area contributed by atoms with Gasteiger partial charge in [-0.15, -0.1) is 26.9 Å². The summed E-state index contributed by atoms with van der Waals surface area (Å²) in [6.07, 6.45) is -0.274. The molecule has 0 aromatic rings. The minimum absolute atomic E-state index is 0. The molecule has 0 saturated carbocycles. The third-order valence-corrected chi connectivity index (χ3v) is 4.88. The molecule has 0 bridgehead atoms. The van der Waals surface area contributed by atoms with Crippen molar-refractivity contribution in [1.82, 2.24) is 10.2 Å². The number of thioether (sulfide) groups is 1. The molecule has 2 atom stereocenters. The summed E-state index contributed by atoms with van der Waals surface area (Å²) in [4.78, 5) is 35.7. The number of alkyl carbamates (subject to hydrolysis) is 1. The Bertz CT molecular complexity index is 673. The Morgan fingerprint density at radius 2 is 2.00 bits per heavy atom. The number of rotatable bonds is 12. The van der Waals surface area contributed by atoms with Crippen molar-refractivity contribution in [1.29, 1.82) is 0 Å². The van der Waals surface area contributed by atoms with Gasteiger partial charge in [0.15, 0.2) is 6.61 Å². The molecule has 3 amide bonds. The van der Waals surface area contributed by atoms with Crippen LogP contribution in [0.2, 0.25) is 0 Å². The first kappa shape index (κ1) is 25.3. The maximum Gasteiger partial charge on any atom is 0.408 e. The minimum atomic E-state index is -0.530. The predicted molar refractivity (Wildman–Crippen MR) is 116 cm³/mol. The molecule has 162 valence electrons. The fraction of sp³-hybridized carbons (Fsp3) is 0.632. The molecule has 10 heteroatoms. The third kappa shape index (κ3) is 11.7. The molecule has 1 aliphatic heterocycles. The summed E-state index contributed by atoms with van der Waals surface area (Å²) >= 11 is 1.62. The highest BCUT2D eigenvalue weighted by atomic mass is 32.2. The zero-order valence-electron chi connectivity index (χ0n) is 16.5. The van der Waals surface area contributed by atoms with Gasteiger partial charge in [-0.05, 0) is 6.92 Å². The molecule has 0 spiro atoms. The summed E-state index contributed by atoms with van der Waals surface area (Å²) in [7, 11) is 2.39. The van der Waals surface area contributed by atoms with E-state index in [4.69, 9.17) is 14.2 Å². The van der Waals surface area contributed by atoms with E-state index in [9.17, 15) is 14.4 Å². The Hall–Kier alpha value is -1.77. The molecule has 29 heavy (non-hydrogen) atoms. The average molecular weight is 444 g/mol. The van der Waals surface area contributed by atoms with Crippen LogP contribution in [0.3, 0.4) is 0 Å². The largest absolute Gasteiger partial charge is 0.436 e. The minimum Gasteiger partial charge on any atom is -0.436 e. The molecule has 1 heterocycles. The number of nitrogens with one attached hydrogen (secondary N) is 1. The number of carbonyl (C=O) groups excluding carboxylic acids is 3. The number of carbonyl (C=O) groups is 3. The van der Waals surface area contributed by atoms with Crippen LogP contribution in [-0.4, -0.2) is 86.1 Å². The fourth-order valence-corrected chi connectivity index (χ4v) is 3.09. The van der Waals surface area contributed by atoms with Crippen LogP contribution in [-0.2, 0) is 23.8 Å². The van der Waals surface area contributed by atoms with Crippen molar-refractivity contribution in [3.8, 4) is 23.7 Å². The van der Waals surface area contributed by atoms with Gasteiger partial charge >= 0.3 is 6.09 Å². The molecule has 1 N–H and O–H groups in total. The van der Waals surface area contributed by atoms with E-state index in [1.165, 1.54) is 4.90 Å². The number of hydrogen-bond acceptors (Lipinski definition) is 7. The molecule has 1 fully saturated rings. The molecule has 0 aromatic heterocycles. The number of nitrogens with zero attached hydrogens (tertiary/aromatic N) is 1. The number of ether oxygens (including phenoxy) is 3. The maximum atomic E-state index is 11.7. The van der Waals surface area contributed by atoms with Crippen LogP contribution in [0.1, 0.15) is 14.8 Å². The van der Waals surface area contributed by atoms with E-state index in [1.807, 2.05) is 0 Å². The van der Waals surface area contributed by atoms with E-state index in [1.54, 1.807) is 18.7 Å². The molecule has 2 unspecified atom stereocenters. The van der Waals surface area contributed by atoms with Crippen molar-refractivity contribution in [3.63, 3.8) is 0 Å². The lowest BCUT2D eigenvalue weighted by Gasteiger charge is -2.14. The second-order valence-electron chi connectivity index (χ2n) is 5.68. The predicted octanol–water partition coefficient (Wildman–Crippen LogP) is 0.754. The number of imide groups is 1. The van der Waals surface area contributed by atoms with Crippen molar-refractivity contribution in [2.24, 2.45) is 0 Å². The lowest BCUT2D eigenvalue weighted by Crippen LogP contribution is -2.34. The molecular formula is C19H29N2O6PS. The Morgan fingerprint density at radius 1 is 1.24 bits per heavy atom. The molecule has 1 aliphatic rings. The van der Waals surface area contributed by atoms with Gasteiger partial charge in [0, 0.05) is 13.6 Å². The SMILES string of the molecule is CC#CCNC(=O)OCC#CCSCCOCCOCCN1C(=O)CC(P)C1=O.[HH]. The summed E-state index contributed by atoms with van der Waals surface area (Å²) in [5, 5.41) is 2.48. The van der Waals surface area contributed by atoms with Crippen LogP contribution in [0.5, 0.6) is 0 Å². The second kappa shape index (κ2) is 16.1. The molecule has 8 nitrogen and oxygen atoms in total. The van der Waals surface area contributed by atoms with Crippen LogP contribution in [0.25, 0.3) is 0 Å². The molecular weight excluding hydrogens is 415 g/mol. The number of likely N-dealkylation sites (tertiary alicyclic amines) is 1. The van der Waals surface area contributed by atoms with Crippen molar-refractivity contribution in [3.05, 3.63) is 0 Å². The van der Waals surface area contributed by atoms with Crippen molar-refractivity contribution >= 4 is 38.9 Å². The van der Waals surface area contributed by atoms with Crippen molar-refractivity contribution < 1.29 is 30.0 Å². The lowest BCUT2D eigenvalue weighted by atomic mass is 10.4. The van der Waals surface area contributed by atoms with Gasteiger partial charge in [0.05, 0.1) is 50.9 Å². The van der Waals surface area contributed by atoms with E-state index in [0.29, 0.717) is 32.2 Å². The highest BCUT2D eigenvalue weighted by molar-refractivity contribution is 7.99. The maximum absolute atomic E-state index is 11.7. The summed E-state index contributed by atoms with van der Waals surface area (Å²) in [5.74, 6) is 12.1. The zero-order valence-corrected chi connectivity index (χ0v) is 18.5. The smallest absolute Gasteiger partial charge is 0.408 e. The van der Waals surface area contributed by atoms with Gasteiger partial charge in [0.1, 0.15) is 0 Å². The van der Waals surface area contributed by atoms with Gasteiger partial charge in [0.25, 0.3) is 0 Å². The van der Waals surface area contributed by atoms with Crippen LogP contribution in [0, 0.1) is 23.7 Å². The van der Waals surface area contributed by atoms with E-state index in [2.05, 4.69) is 38.2 Å². The number of amides is 3. The molecule has 0 aromatic carbocycles. The summed E-state index contributed by atoms with van der Waals surface area (Å²) in [6.45, 7) is 4.04. The lowest BCUT2D eigenvalue weighted by molar-refractivity contribution is -0.139. The van der Waals surface area contributed by atoms with Gasteiger partial charge in [-0.1, -0.05) is 17.8 Å². The van der Waals surface area contributed by atoms with Gasteiger partial charge in [-0.3, -0.25) is 14.5 Å². The monoisotopic (exact) mass is 444 g/mol. The van der Waals surface area contributed by atoms with Crippen LogP contribution in [0.15, 0.2) is 0 Å². The van der Waals surface area contributed by atoms with E-state index < -0.39 is 6.09 Å². The van der Waals surface area contributed by atoms with Crippen LogP contribution >= 0.6 is 21.0 Å². The summed E-state index contributed by atoms with van der Waals surface area (Å²) in [6, 6.07) is 0. The Kier molecular flexibility index (Phi) is 14.0. The normalized spacial score (nSPS) is 15.4. The average Bonchev–Trinajstić information content (AvgIpc) is 2.94. The number of hydrogen-bond donors (Lipinski definition) is 1. The van der Waals surface area contributed by atoms with Crippen LogP contribution in [0.4, 0.5) is 4.79 Å². The summed E-state index contributed by atoms with van der Waals surface area (Å²) in [5.41, 5.74) is -0.300. The molecule has 0 aliphatic carbocycles. The topological polar surface area (TPSA) is 94.2 Å². The van der Waals surface area contributed by atoms with Crippen molar-refractivity contribution in [2.45, 2.75) is 19.0 Å². The second-order valence-corrected chi connectivity index (χ2v) is 7.59. The van der Waals surface area contributed by atoms with Gasteiger partial charge < -0.3 is 19.5 Å². The Labute approximate surface area is 179 Å². The summed E-state index contributed by atoms with van der Waals surface area (Å²) < 4.78 is 15.7. The van der Waals surface area contributed by atoms with Gasteiger partial charge in [-0.2, -0.15) is 0 Å². The standard InChI is InChI=1S/C19H27N2O6PS.H2/c1-2-3-6-20-19(24)27-8-4-5-13-29-14-12-26-11-10-25-9-7-21-17(22)15-16(28)18(21)23;/h16H,6-15,28H2,1H3,(H,20,24);1H. The first-order valence-corrected chi connectivity index (χ1v) is 11.0. The highest BCUT2D eigenvalue weighted by Crippen LogP contribution is 2.19. The first-order chi connectivity index (χ1) is 14.1. The van der Waals surface area contributed by atoms with Crippen molar-refractivity contribution in [2.75, 3.05) is 57.6 Å². The van der Waals surface area contributed by atoms with Gasteiger partial charge in [-0.25, -0.2) is 4.79 Å². The molecule has 1 rings (SSSR count). The van der Waals surface area contributed by atoms with E-state index in [0.717, 1.165) is 5.75 Å². The van der Waals surface area contributed by atoms with E-state index in [-0.39, 0.29) is 45.0 Å². The Morgan fingerprint density at radius 3 is 2.69 bits per heavy atom. The fourth-order valence-electron chi connectivity index (χ4n) is 2.12.